The molecule has 1 N–H and O–H groups in total. The van der Waals surface area contributed by atoms with E-state index in [0.29, 0.717) is 0 Å². The lowest BCUT2D eigenvalue weighted by atomic mass is 10.1. The van der Waals surface area contributed by atoms with Gasteiger partial charge in [0.25, 0.3) is 5.43 Å². The summed E-state index contributed by atoms with van der Waals surface area (Å²) in [6.07, 6.45) is 6.27. The van der Waals surface area contributed by atoms with E-state index in [4.69, 9.17) is 0 Å². The van der Waals surface area contributed by atoms with Crippen LogP contribution in [0.4, 0.5) is 5.69 Å². The summed E-state index contributed by atoms with van der Waals surface area (Å²) in [6.45, 7) is 3.05. The fourth-order valence-electron chi connectivity index (χ4n) is 2.74. The molecule has 1 aliphatic heterocycles. The molecule has 1 aliphatic rings. The van der Waals surface area contributed by atoms with Crippen LogP contribution < -0.4 is 15.8 Å². The number of anilines is 1. The van der Waals surface area contributed by atoms with Gasteiger partial charge in [-0.25, -0.2) is 0 Å². The van der Waals surface area contributed by atoms with Gasteiger partial charge < -0.3 is 10.0 Å². The Balaban J connectivity index is 1.87. The van der Waals surface area contributed by atoms with Crippen LogP contribution in [-0.2, 0) is 0 Å². The third kappa shape index (κ3) is 2.93. The predicted molar refractivity (Wildman–Crippen MR) is 94.8 cm³/mol. The molecular formula is C18H19NO3S. The molecule has 0 aromatic heterocycles. The zero-order valence-electron chi connectivity index (χ0n) is 13.0. The molecule has 0 atom stereocenters. The first-order valence-corrected chi connectivity index (χ1v) is 8.73. The first kappa shape index (κ1) is 15.9. The van der Waals surface area contributed by atoms with Gasteiger partial charge in [-0.3, -0.25) is 9.59 Å². The normalized spacial score (nSPS) is 15.5. The van der Waals surface area contributed by atoms with Crippen molar-refractivity contribution in [2.24, 2.45) is 0 Å². The second-order valence-electron chi connectivity index (χ2n) is 5.69. The molecule has 5 heteroatoms. The predicted octanol–water partition coefficient (Wildman–Crippen LogP) is 3.48. The topological polar surface area (TPSA) is 57.6 Å². The van der Waals surface area contributed by atoms with Crippen LogP contribution >= 0.6 is 11.8 Å². The summed E-state index contributed by atoms with van der Waals surface area (Å²) in [5.74, 6) is -0.412. The van der Waals surface area contributed by atoms with E-state index in [0.717, 1.165) is 28.6 Å². The van der Waals surface area contributed by atoms with E-state index < -0.39 is 16.6 Å². The highest BCUT2D eigenvalue weighted by molar-refractivity contribution is 8.03. The van der Waals surface area contributed by atoms with Gasteiger partial charge in [0.2, 0.25) is 5.43 Å². The molecule has 2 aromatic rings. The van der Waals surface area contributed by atoms with Crippen LogP contribution in [0.3, 0.4) is 0 Å². The third-order valence-electron chi connectivity index (χ3n) is 4.06. The van der Waals surface area contributed by atoms with E-state index in [9.17, 15) is 14.7 Å². The number of fused-ring (bicyclic) bond motifs is 1. The average molecular weight is 329 g/mol. The monoisotopic (exact) mass is 329 g/mol. The maximum atomic E-state index is 11.6. The Morgan fingerprint density at radius 1 is 1.13 bits per heavy atom. The van der Waals surface area contributed by atoms with E-state index in [2.05, 4.69) is 17.9 Å². The van der Waals surface area contributed by atoms with Crippen molar-refractivity contribution in [2.45, 2.75) is 37.5 Å². The fraction of sp³-hybridized carbons (Fsp3) is 0.333. The molecule has 0 saturated heterocycles. The number of thioether (sulfide) groups is 1. The van der Waals surface area contributed by atoms with Crippen molar-refractivity contribution < 1.29 is 5.11 Å². The Bertz CT molecular complexity index is 818. The third-order valence-corrected chi connectivity index (χ3v) is 5.17. The van der Waals surface area contributed by atoms with Gasteiger partial charge in [-0.2, -0.15) is 0 Å². The molecular weight excluding hydrogens is 310 g/mol. The lowest BCUT2D eigenvalue weighted by Gasteiger charge is -2.20. The van der Waals surface area contributed by atoms with Gasteiger partial charge in [0.05, 0.1) is 16.3 Å². The summed E-state index contributed by atoms with van der Waals surface area (Å²) in [5.41, 5.74) is -0.133. The van der Waals surface area contributed by atoms with Crippen molar-refractivity contribution in [1.29, 1.82) is 0 Å². The number of benzene rings is 1. The summed E-state index contributed by atoms with van der Waals surface area (Å²) in [5, 5.41) is 10.5. The van der Waals surface area contributed by atoms with E-state index in [1.54, 1.807) is 17.8 Å². The SMILES string of the molecule is CCCCCCN1/C(=C/c2c(O)c(=O)c2=O)Sc2ccccc21. The van der Waals surface area contributed by atoms with E-state index in [1.807, 2.05) is 18.2 Å². The van der Waals surface area contributed by atoms with Crippen LogP contribution in [0.5, 0.6) is 5.75 Å². The van der Waals surface area contributed by atoms with Crippen molar-refractivity contribution in [2.75, 3.05) is 11.4 Å². The van der Waals surface area contributed by atoms with Crippen molar-refractivity contribution >= 4 is 23.5 Å². The first-order valence-electron chi connectivity index (χ1n) is 7.92. The average Bonchev–Trinajstić information content (AvgIpc) is 2.93. The molecule has 0 radical (unpaired) electrons. The molecule has 0 spiro atoms. The number of hydrogen-bond donors (Lipinski definition) is 1. The van der Waals surface area contributed by atoms with Crippen molar-refractivity contribution in [3.63, 3.8) is 0 Å². The van der Waals surface area contributed by atoms with E-state index >= 15 is 0 Å². The van der Waals surface area contributed by atoms with Gasteiger partial charge in [-0.15, -0.1) is 0 Å². The summed E-state index contributed by atoms with van der Waals surface area (Å²) < 4.78 is 0. The van der Waals surface area contributed by atoms with Crippen LogP contribution in [0, 0.1) is 0 Å². The minimum atomic E-state index is -0.785. The van der Waals surface area contributed by atoms with Gasteiger partial charge >= 0.3 is 0 Å². The summed E-state index contributed by atoms with van der Waals surface area (Å²) >= 11 is 1.57. The number of unbranched alkanes of at least 4 members (excludes halogenated alkanes) is 3. The smallest absolute Gasteiger partial charge is 0.268 e. The number of nitrogens with zero attached hydrogens (tertiary/aromatic N) is 1. The summed E-state index contributed by atoms with van der Waals surface area (Å²) in [4.78, 5) is 26.1. The maximum Gasteiger partial charge on any atom is 0.268 e. The van der Waals surface area contributed by atoms with Crippen molar-refractivity contribution in [3.8, 4) is 5.75 Å². The Hall–Kier alpha value is -2.01. The summed E-state index contributed by atoms with van der Waals surface area (Å²) in [7, 11) is 0. The molecule has 0 unspecified atom stereocenters. The Morgan fingerprint density at radius 2 is 1.91 bits per heavy atom. The maximum absolute atomic E-state index is 11.6. The van der Waals surface area contributed by atoms with Gasteiger partial charge in [0, 0.05) is 11.4 Å². The van der Waals surface area contributed by atoms with Crippen LogP contribution in [-0.4, -0.2) is 11.7 Å². The molecule has 4 nitrogen and oxygen atoms in total. The van der Waals surface area contributed by atoms with Gasteiger partial charge in [-0.05, 0) is 24.6 Å². The molecule has 0 amide bonds. The van der Waals surface area contributed by atoms with Crippen LogP contribution in [0.1, 0.15) is 38.2 Å². The minimum absolute atomic E-state index is 0.129. The van der Waals surface area contributed by atoms with Crippen molar-refractivity contribution in [3.05, 3.63) is 55.3 Å². The van der Waals surface area contributed by atoms with Gasteiger partial charge in [0.1, 0.15) is 0 Å². The molecule has 23 heavy (non-hydrogen) atoms. The van der Waals surface area contributed by atoms with Crippen LogP contribution in [0.2, 0.25) is 0 Å². The molecule has 0 bridgehead atoms. The van der Waals surface area contributed by atoms with Gasteiger partial charge in [0.15, 0.2) is 5.75 Å². The molecule has 0 saturated carbocycles. The molecule has 2 aromatic carbocycles. The second kappa shape index (κ2) is 6.62. The lowest BCUT2D eigenvalue weighted by molar-refractivity contribution is 0.461. The van der Waals surface area contributed by atoms with E-state index in [-0.39, 0.29) is 5.56 Å². The largest absolute Gasteiger partial charge is 0.504 e. The summed E-state index contributed by atoms with van der Waals surface area (Å²) in [6, 6.07) is 8.09. The van der Waals surface area contributed by atoms with Crippen molar-refractivity contribution in [1.82, 2.24) is 0 Å². The minimum Gasteiger partial charge on any atom is -0.504 e. The zero-order chi connectivity index (χ0) is 16.4. The van der Waals surface area contributed by atoms with Crippen LogP contribution in [0.25, 0.3) is 6.08 Å². The Labute approximate surface area is 139 Å². The molecule has 120 valence electrons. The number of para-hydroxylation sites is 1. The molecule has 0 aliphatic carbocycles. The Kier molecular flexibility index (Phi) is 4.57. The molecule has 3 rings (SSSR count). The lowest BCUT2D eigenvalue weighted by Crippen LogP contribution is -2.33. The van der Waals surface area contributed by atoms with Crippen LogP contribution in [0.15, 0.2) is 43.8 Å². The highest BCUT2D eigenvalue weighted by Crippen LogP contribution is 2.46. The number of hydrogen-bond acceptors (Lipinski definition) is 5. The highest BCUT2D eigenvalue weighted by Gasteiger charge is 2.27. The molecule has 1 heterocycles. The number of aromatic hydroxyl groups is 1. The first-order chi connectivity index (χ1) is 11.1. The highest BCUT2D eigenvalue weighted by atomic mass is 32.2. The standard InChI is InChI=1S/C18H19NO3S/c1-2-3-4-7-10-19-13-8-5-6-9-14(13)23-15(19)11-12-16(20)18(22)17(12)21/h5-6,8-9,11,20H,2-4,7,10H2,1H3/b15-11-. The van der Waals surface area contributed by atoms with Gasteiger partial charge in [-0.1, -0.05) is 50.1 Å². The fourth-order valence-corrected chi connectivity index (χ4v) is 3.87. The second-order valence-corrected chi connectivity index (χ2v) is 6.75. The van der Waals surface area contributed by atoms with E-state index in [1.165, 1.54) is 19.3 Å². The quantitative estimate of drug-likeness (QED) is 0.649. The zero-order valence-corrected chi connectivity index (χ0v) is 13.9. The Morgan fingerprint density at radius 3 is 2.65 bits per heavy atom. The molecule has 0 fully saturated rings. The number of rotatable bonds is 6.